The normalized spacial score (nSPS) is 17.3. The average molecular weight is 454 g/mol. The van der Waals surface area contributed by atoms with Gasteiger partial charge < -0.3 is 14.4 Å². The van der Waals surface area contributed by atoms with E-state index in [0.29, 0.717) is 12.2 Å². The topological polar surface area (TPSA) is 55.8 Å². The molecule has 0 saturated heterocycles. The highest BCUT2D eigenvalue weighted by Gasteiger charge is 2.46. The molecule has 1 aliphatic carbocycles. The van der Waals surface area contributed by atoms with Gasteiger partial charge in [-0.15, -0.1) is 0 Å². The van der Waals surface area contributed by atoms with Crippen LogP contribution in [0.15, 0.2) is 60.7 Å². The number of fused-ring (bicyclic) bond motifs is 3. The summed E-state index contributed by atoms with van der Waals surface area (Å²) in [7, 11) is 0. The summed E-state index contributed by atoms with van der Waals surface area (Å²) in [5.74, 6) is 1.63. The molecule has 5 heteroatoms. The fourth-order valence-electron chi connectivity index (χ4n) is 5.77. The Kier molecular flexibility index (Phi) is 4.94. The second-order valence-electron chi connectivity index (χ2n) is 9.70. The van der Waals surface area contributed by atoms with Gasteiger partial charge in [0.2, 0.25) is 12.7 Å². The van der Waals surface area contributed by atoms with Crippen LogP contribution >= 0.6 is 0 Å². The molecule has 1 spiro atoms. The van der Waals surface area contributed by atoms with Gasteiger partial charge in [-0.1, -0.05) is 49.2 Å². The van der Waals surface area contributed by atoms with Crippen molar-refractivity contribution in [1.82, 2.24) is 0 Å². The lowest BCUT2D eigenvalue weighted by molar-refractivity contribution is -0.118. The number of hydrogen-bond acceptors (Lipinski definition) is 4. The molecule has 0 unspecified atom stereocenters. The van der Waals surface area contributed by atoms with Crippen molar-refractivity contribution < 1.29 is 19.1 Å². The molecule has 3 aliphatic rings. The minimum atomic E-state index is 0.0369. The van der Waals surface area contributed by atoms with Crippen LogP contribution < -0.4 is 14.4 Å². The van der Waals surface area contributed by atoms with Gasteiger partial charge in [0.1, 0.15) is 0 Å². The van der Waals surface area contributed by atoms with Crippen molar-refractivity contribution in [2.24, 2.45) is 0 Å². The maximum Gasteiger partial charge on any atom is 0.231 e. The second kappa shape index (κ2) is 8.01. The van der Waals surface area contributed by atoms with Crippen LogP contribution in [-0.2, 0) is 16.6 Å². The van der Waals surface area contributed by atoms with Crippen LogP contribution in [0.2, 0.25) is 0 Å². The van der Waals surface area contributed by atoms with Crippen molar-refractivity contribution in [3.63, 3.8) is 0 Å². The summed E-state index contributed by atoms with van der Waals surface area (Å²) in [6.45, 7) is 2.57. The molecule has 2 heterocycles. The van der Waals surface area contributed by atoms with Gasteiger partial charge in [-0.05, 0) is 66.3 Å². The Morgan fingerprint density at radius 3 is 2.38 bits per heavy atom. The van der Waals surface area contributed by atoms with Crippen LogP contribution in [0.1, 0.15) is 54.1 Å². The van der Waals surface area contributed by atoms with Crippen molar-refractivity contribution in [3.8, 4) is 22.6 Å². The van der Waals surface area contributed by atoms with E-state index in [9.17, 15) is 9.59 Å². The number of ketones is 1. The third-order valence-corrected chi connectivity index (χ3v) is 7.60. The van der Waals surface area contributed by atoms with Gasteiger partial charge >= 0.3 is 0 Å². The molecule has 0 radical (unpaired) electrons. The Morgan fingerprint density at radius 2 is 1.62 bits per heavy atom. The molecule has 6 rings (SSSR count). The standard InChI is InChI=1S/C29H27NO4/c1-19(31)21-5-7-22(8-6-21)23-9-10-25-24(16-23)29(12-2-3-13-29)17-30(25)28(32)15-20-4-11-26-27(14-20)34-18-33-26/h4-11,14,16H,2-3,12-13,15,17-18H2,1H3. The van der Waals surface area contributed by atoms with E-state index in [4.69, 9.17) is 9.47 Å². The first-order valence-electron chi connectivity index (χ1n) is 12.0. The fraction of sp³-hybridized carbons (Fsp3) is 0.310. The van der Waals surface area contributed by atoms with Gasteiger partial charge in [-0.25, -0.2) is 0 Å². The number of amides is 1. The molecule has 1 amide bonds. The van der Waals surface area contributed by atoms with E-state index in [1.54, 1.807) is 6.92 Å². The number of carbonyl (C=O) groups is 2. The summed E-state index contributed by atoms with van der Waals surface area (Å²) >= 11 is 0. The summed E-state index contributed by atoms with van der Waals surface area (Å²) in [5.41, 5.74) is 6.24. The summed E-state index contributed by atoms with van der Waals surface area (Å²) in [6.07, 6.45) is 4.95. The van der Waals surface area contributed by atoms with Gasteiger partial charge in [-0.2, -0.15) is 0 Å². The zero-order valence-electron chi connectivity index (χ0n) is 19.3. The molecule has 2 aliphatic heterocycles. The Balaban J connectivity index is 1.32. The third-order valence-electron chi connectivity index (χ3n) is 7.60. The summed E-state index contributed by atoms with van der Waals surface area (Å²) < 4.78 is 10.9. The van der Waals surface area contributed by atoms with Gasteiger partial charge in [0.05, 0.1) is 6.42 Å². The molecule has 34 heavy (non-hydrogen) atoms. The quantitative estimate of drug-likeness (QED) is 0.477. The SMILES string of the molecule is CC(=O)c1ccc(-c2ccc3c(c2)C2(CCCC2)CN3C(=O)Cc2ccc3c(c2)OCO3)cc1. The average Bonchev–Trinajstić information content (AvgIpc) is 3.59. The van der Waals surface area contributed by atoms with Gasteiger partial charge in [0.15, 0.2) is 17.3 Å². The first-order chi connectivity index (χ1) is 16.5. The number of ether oxygens (including phenoxy) is 2. The lowest BCUT2D eigenvalue weighted by Gasteiger charge is -2.25. The van der Waals surface area contributed by atoms with Crippen LogP contribution in [0.5, 0.6) is 11.5 Å². The van der Waals surface area contributed by atoms with E-state index in [-0.39, 0.29) is 23.9 Å². The van der Waals surface area contributed by atoms with Gasteiger partial charge in [-0.3, -0.25) is 9.59 Å². The Labute approximate surface area is 199 Å². The predicted molar refractivity (Wildman–Crippen MR) is 131 cm³/mol. The molecule has 172 valence electrons. The van der Waals surface area contributed by atoms with Gasteiger partial charge in [0.25, 0.3) is 0 Å². The maximum absolute atomic E-state index is 13.5. The van der Waals surface area contributed by atoms with Crippen molar-refractivity contribution in [3.05, 3.63) is 77.4 Å². The minimum absolute atomic E-state index is 0.0369. The van der Waals surface area contributed by atoms with E-state index in [1.807, 2.05) is 47.4 Å². The van der Waals surface area contributed by atoms with E-state index in [0.717, 1.165) is 53.1 Å². The molecule has 0 bridgehead atoms. The van der Waals surface area contributed by atoms with E-state index in [1.165, 1.54) is 18.4 Å². The van der Waals surface area contributed by atoms with E-state index < -0.39 is 0 Å². The molecule has 0 atom stereocenters. The Bertz CT molecular complexity index is 1290. The van der Waals surface area contributed by atoms with E-state index >= 15 is 0 Å². The first-order valence-corrected chi connectivity index (χ1v) is 12.0. The zero-order valence-corrected chi connectivity index (χ0v) is 19.3. The third kappa shape index (κ3) is 3.47. The summed E-state index contributed by atoms with van der Waals surface area (Å²) in [5, 5.41) is 0. The number of Topliss-reactive ketones (excluding diaryl/α,β-unsaturated/α-hetero) is 1. The summed E-state index contributed by atoms with van der Waals surface area (Å²) in [6, 6.07) is 20.0. The van der Waals surface area contributed by atoms with Crippen LogP contribution in [0.4, 0.5) is 5.69 Å². The fourth-order valence-corrected chi connectivity index (χ4v) is 5.77. The molecule has 0 N–H and O–H groups in total. The lowest BCUT2D eigenvalue weighted by atomic mass is 9.80. The van der Waals surface area contributed by atoms with Gasteiger partial charge in [0, 0.05) is 23.2 Å². The lowest BCUT2D eigenvalue weighted by Crippen LogP contribution is -2.36. The number of anilines is 1. The maximum atomic E-state index is 13.5. The van der Waals surface area contributed by atoms with Crippen molar-refractivity contribution >= 4 is 17.4 Å². The highest BCUT2D eigenvalue weighted by molar-refractivity contribution is 5.98. The molecule has 3 aromatic rings. The zero-order chi connectivity index (χ0) is 23.3. The summed E-state index contributed by atoms with van der Waals surface area (Å²) in [4.78, 5) is 27.1. The number of benzene rings is 3. The first kappa shape index (κ1) is 21.0. The monoisotopic (exact) mass is 453 g/mol. The smallest absolute Gasteiger partial charge is 0.231 e. The van der Waals surface area contributed by atoms with Crippen LogP contribution in [0, 0.1) is 0 Å². The molecule has 3 aromatic carbocycles. The Hall–Kier alpha value is -3.60. The number of carbonyl (C=O) groups excluding carboxylic acids is 2. The molecular weight excluding hydrogens is 426 g/mol. The predicted octanol–water partition coefficient (Wildman–Crippen LogP) is 5.69. The minimum Gasteiger partial charge on any atom is -0.454 e. The van der Waals surface area contributed by atoms with Crippen molar-refractivity contribution in [2.75, 3.05) is 18.2 Å². The molecule has 1 saturated carbocycles. The van der Waals surface area contributed by atoms with Crippen molar-refractivity contribution in [1.29, 1.82) is 0 Å². The largest absolute Gasteiger partial charge is 0.454 e. The highest BCUT2D eigenvalue weighted by atomic mass is 16.7. The van der Waals surface area contributed by atoms with Crippen LogP contribution in [0.3, 0.4) is 0 Å². The van der Waals surface area contributed by atoms with Crippen molar-refractivity contribution in [2.45, 2.75) is 44.4 Å². The molecule has 1 fully saturated rings. The number of hydrogen-bond donors (Lipinski definition) is 0. The number of rotatable bonds is 4. The highest BCUT2D eigenvalue weighted by Crippen LogP contribution is 2.51. The molecular formula is C29H27NO4. The molecule has 0 aromatic heterocycles. The van der Waals surface area contributed by atoms with Crippen LogP contribution in [0.25, 0.3) is 11.1 Å². The second-order valence-corrected chi connectivity index (χ2v) is 9.70. The van der Waals surface area contributed by atoms with E-state index in [2.05, 4.69) is 18.2 Å². The van der Waals surface area contributed by atoms with Crippen LogP contribution in [-0.4, -0.2) is 25.0 Å². The Morgan fingerprint density at radius 1 is 0.882 bits per heavy atom. The number of nitrogens with zero attached hydrogens (tertiary/aromatic N) is 1. The molecule has 5 nitrogen and oxygen atoms in total.